The van der Waals surface area contributed by atoms with Crippen molar-refractivity contribution in [2.75, 3.05) is 26.2 Å². The molecule has 0 saturated carbocycles. The van der Waals surface area contributed by atoms with Crippen molar-refractivity contribution in [1.82, 2.24) is 18.9 Å². The fourth-order valence-corrected chi connectivity index (χ4v) is 5.83. The van der Waals surface area contributed by atoms with Gasteiger partial charge in [-0.3, -0.25) is 4.90 Å². The zero-order chi connectivity index (χ0) is 24.5. The Bertz CT molecular complexity index is 1300. The number of rotatable bonds is 6. The number of para-hydroxylation sites is 1. The number of carbonyl (C=O) groups is 1. The smallest absolute Gasteiger partial charge is 0.336 e. The van der Waals surface area contributed by atoms with E-state index in [1.54, 1.807) is 6.07 Å². The Morgan fingerprint density at radius 1 is 1.00 bits per heavy atom. The minimum absolute atomic E-state index is 0.244. The third-order valence-corrected chi connectivity index (χ3v) is 7.66. The predicted octanol–water partition coefficient (Wildman–Crippen LogP) is 3.35. The van der Waals surface area contributed by atoms with Gasteiger partial charge in [-0.1, -0.05) is 48.5 Å². The van der Waals surface area contributed by atoms with Crippen LogP contribution in [-0.2, 0) is 16.8 Å². The molecule has 2 N–H and O–H groups in total. The maximum atomic E-state index is 12.7. The molecule has 3 aromatic rings. The van der Waals surface area contributed by atoms with Crippen molar-refractivity contribution in [2.45, 2.75) is 32.9 Å². The lowest BCUT2D eigenvalue weighted by Gasteiger charge is -2.36. The summed E-state index contributed by atoms with van der Waals surface area (Å²) in [5, 5.41) is 10.8. The average molecular weight is 483 g/mol. The molecule has 34 heavy (non-hydrogen) atoms. The van der Waals surface area contributed by atoms with Crippen molar-refractivity contribution in [3.8, 4) is 11.3 Å². The predicted molar refractivity (Wildman–Crippen MR) is 133 cm³/mol. The number of aromatic nitrogens is 1. The van der Waals surface area contributed by atoms with E-state index in [0.717, 1.165) is 5.56 Å². The Hall–Kier alpha value is -2.85. The monoisotopic (exact) mass is 482 g/mol. The Morgan fingerprint density at radius 3 is 2.24 bits per heavy atom. The first-order valence-electron chi connectivity index (χ1n) is 11.3. The summed E-state index contributed by atoms with van der Waals surface area (Å²) in [7, 11) is -3.59. The molecule has 2 aromatic carbocycles. The molecule has 1 aliphatic rings. The number of nitrogens with one attached hydrogen (secondary N) is 1. The van der Waals surface area contributed by atoms with Crippen molar-refractivity contribution >= 4 is 27.1 Å². The second kappa shape index (κ2) is 9.42. The van der Waals surface area contributed by atoms with Gasteiger partial charge in [0.15, 0.2) is 0 Å². The molecule has 0 amide bonds. The lowest BCUT2D eigenvalue weighted by atomic mass is 9.96. The van der Waals surface area contributed by atoms with E-state index in [0.29, 0.717) is 54.9 Å². The van der Waals surface area contributed by atoms with Crippen molar-refractivity contribution in [3.05, 3.63) is 65.7 Å². The fraction of sp³-hybridized carbons (Fsp3) is 0.360. The molecule has 0 aliphatic carbocycles. The van der Waals surface area contributed by atoms with Gasteiger partial charge in [0, 0.05) is 54.8 Å². The summed E-state index contributed by atoms with van der Waals surface area (Å²) in [5.41, 5.74) is 2.44. The molecule has 1 fully saturated rings. The minimum Gasteiger partial charge on any atom is -0.478 e. The van der Waals surface area contributed by atoms with Gasteiger partial charge in [-0.2, -0.15) is 17.4 Å². The van der Waals surface area contributed by atoms with Gasteiger partial charge in [0.2, 0.25) is 0 Å². The largest absolute Gasteiger partial charge is 0.478 e. The first kappa shape index (κ1) is 24.3. The van der Waals surface area contributed by atoms with Gasteiger partial charge >= 0.3 is 5.97 Å². The van der Waals surface area contributed by atoms with Crippen LogP contribution >= 0.6 is 0 Å². The van der Waals surface area contributed by atoms with E-state index in [1.165, 1.54) is 4.31 Å². The van der Waals surface area contributed by atoms with Crippen molar-refractivity contribution in [2.24, 2.45) is 0 Å². The van der Waals surface area contributed by atoms with Crippen LogP contribution in [0, 0.1) is 0 Å². The SMILES string of the molecule is CC(C)(C)NS(=O)(=O)N1CCN(Cc2c(-c3ccccc3)nc3ccccc3c2C(=O)O)CC1. The Morgan fingerprint density at radius 2 is 1.62 bits per heavy atom. The third-order valence-electron chi connectivity index (χ3n) is 5.74. The third kappa shape index (κ3) is 5.28. The summed E-state index contributed by atoms with van der Waals surface area (Å²) in [6.07, 6.45) is 0. The normalized spacial score (nSPS) is 16.1. The Balaban J connectivity index is 1.67. The molecule has 0 spiro atoms. The zero-order valence-corrected chi connectivity index (χ0v) is 20.5. The van der Waals surface area contributed by atoms with E-state index in [9.17, 15) is 18.3 Å². The van der Waals surface area contributed by atoms with E-state index in [1.807, 2.05) is 69.3 Å². The standard InChI is InChI=1S/C25H30N4O4S/c1-25(2,3)27-34(32,33)29-15-13-28(14-16-29)17-20-22(24(30)31)19-11-7-8-12-21(19)26-23(20)18-9-5-4-6-10-18/h4-12,27H,13-17H2,1-3H3,(H,30,31). The molecule has 2 heterocycles. The first-order chi connectivity index (χ1) is 16.0. The number of hydrogen-bond donors (Lipinski definition) is 2. The molecule has 1 aromatic heterocycles. The maximum Gasteiger partial charge on any atom is 0.336 e. The number of aromatic carboxylic acids is 1. The maximum absolute atomic E-state index is 12.7. The van der Waals surface area contributed by atoms with E-state index >= 15 is 0 Å². The highest BCUT2D eigenvalue weighted by molar-refractivity contribution is 7.87. The molecular weight excluding hydrogens is 452 g/mol. The Labute approximate surface area is 200 Å². The van der Waals surface area contributed by atoms with Gasteiger partial charge in [0.1, 0.15) is 0 Å². The van der Waals surface area contributed by atoms with Crippen molar-refractivity contribution in [1.29, 1.82) is 0 Å². The highest BCUT2D eigenvalue weighted by Crippen LogP contribution is 2.31. The van der Waals surface area contributed by atoms with Gasteiger partial charge in [-0.15, -0.1) is 0 Å². The highest BCUT2D eigenvalue weighted by Gasteiger charge is 2.31. The van der Waals surface area contributed by atoms with Crippen LogP contribution in [0.1, 0.15) is 36.7 Å². The minimum atomic E-state index is -3.59. The van der Waals surface area contributed by atoms with Crippen LogP contribution in [0.5, 0.6) is 0 Å². The van der Waals surface area contributed by atoms with Crippen molar-refractivity contribution < 1.29 is 18.3 Å². The first-order valence-corrected chi connectivity index (χ1v) is 12.7. The van der Waals surface area contributed by atoms with Gasteiger partial charge in [-0.05, 0) is 26.8 Å². The van der Waals surface area contributed by atoms with E-state index in [-0.39, 0.29) is 5.56 Å². The quantitative estimate of drug-likeness (QED) is 0.559. The molecule has 0 radical (unpaired) electrons. The number of benzene rings is 2. The van der Waals surface area contributed by atoms with Crippen LogP contribution < -0.4 is 4.72 Å². The fourth-order valence-electron chi connectivity index (χ4n) is 4.29. The molecule has 0 atom stereocenters. The highest BCUT2D eigenvalue weighted by atomic mass is 32.2. The molecule has 1 aliphatic heterocycles. The summed E-state index contributed by atoms with van der Waals surface area (Å²) in [4.78, 5) is 19.4. The molecule has 0 unspecified atom stereocenters. The molecule has 180 valence electrons. The van der Waals surface area contributed by atoms with Crippen LogP contribution in [0.25, 0.3) is 22.2 Å². The number of carboxylic acids is 1. The lowest BCUT2D eigenvalue weighted by molar-refractivity contribution is 0.0696. The lowest BCUT2D eigenvalue weighted by Crippen LogP contribution is -2.55. The number of piperazine rings is 1. The van der Waals surface area contributed by atoms with Crippen LogP contribution in [-0.4, -0.2) is 65.4 Å². The van der Waals surface area contributed by atoms with Crippen LogP contribution in [0.2, 0.25) is 0 Å². The van der Waals surface area contributed by atoms with Crippen LogP contribution in [0.15, 0.2) is 54.6 Å². The van der Waals surface area contributed by atoms with Gasteiger partial charge < -0.3 is 5.11 Å². The van der Waals surface area contributed by atoms with E-state index < -0.39 is 21.7 Å². The van der Waals surface area contributed by atoms with E-state index in [2.05, 4.69) is 9.62 Å². The molecule has 1 saturated heterocycles. The summed E-state index contributed by atoms with van der Waals surface area (Å²) in [5.74, 6) is -0.999. The second-order valence-electron chi connectivity index (χ2n) is 9.53. The number of pyridine rings is 1. The zero-order valence-electron chi connectivity index (χ0n) is 19.7. The number of hydrogen-bond acceptors (Lipinski definition) is 5. The van der Waals surface area contributed by atoms with Gasteiger partial charge in [-0.25, -0.2) is 9.78 Å². The number of carboxylic acid groups (broad SMARTS) is 1. The van der Waals surface area contributed by atoms with Gasteiger partial charge in [0.05, 0.1) is 16.8 Å². The molecule has 9 heteroatoms. The Kier molecular flexibility index (Phi) is 6.73. The molecule has 4 rings (SSSR count). The molecule has 0 bridgehead atoms. The summed E-state index contributed by atoms with van der Waals surface area (Å²) >= 11 is 0. The van der Waals surface area contributed by atoms with Crippen molar-refractivity contribution in [3.63, 3.8) is 0 Å². The number of nitrogens with zero attached hydrogens (tertiary/aromatic N) is 3. The topological polar surface area (TPSA) is 103 Å². The average Bonchev–Trinajstić information content (AvgIpc) is 2.77. The number of fused-ring (bicyclic) bond motifs is 1. The molecular formula is C25H30N4O4S. The summed E-state index contributed by atoms with van der Waals surface area (Å²) in [6, 6.07) is 16.8. The summed E-state index contributed by atoms with van der Waals surface area (Å²) < 4.78 is 29.6. The summed E-state index contributed by atoms with van der Waals surface area (Å²) in [6.45, 7) is 7.44. The van der Waals surface area contributed by atoms with Crippen LogP contribution in [0.4, 0.5) is 0 Å². The van der Waals surface area contributed by atoms with E-state index in [4.69, 9.17) is 4.98 Å². The van der Waals surface area contributed by atoms with Gasteiger partial charge in [0.25, 0.3) is 10.2 Å². The van der Waals surface area contributed by atoms with Crippen LogP contribution in [0.3, 0.4) is 0 Å². The second-order valence-corrected chi connectivity index (χ2v) is 11.2. The molecule has 8 nitrogen and oxygen atoms in total.